The fraction of sp³-hybridized carbons (Fsp3) is 0.294. The molecule has 1 aliphatic heterocycles. The lowest BCUT2D eigenvalue weighted by Gasteiger charge is -2.13. The Kier molecular flexibility index (Phi) is 6.55. The van der Waals surface area contributed by atoms with Crippen LogP contribution in [0.3, 0.4) is 0 Å². The lowest BCUT2D eigenvalue weighted by Crippen LogP contribution is -2.27. The van der Waals surface area contributed by atoms with Crippen LogP contribution < -0.4 is 9.47 Å². The largest absolute Gasteiger partial charge is 0.490 e. The van der Waals surface area contributed by atoms with E-state index in [1.54, 1.807) is 23.1 Å². The van der Waals surface area contributed by atoms with Crippen molar-refractivity contribution < 1.29 is 14.3 Å². The van der Waals surface area contributed by atoms with Crippen molar-refractivity contribution >= 4 is 51.9 Å². The first kappa shape index (κ1) is 18.7. The van der Waals surface area contributed by atoms with Crippen molar-refractivity contribution in [2.24, 2.45) is 0 Å². The first-order valence-electron chi connectivity index (χ1n) is 7.29. The molecule has 1 aromatic rings. The molecule has 0 spiro atoms. The summed E-state index contributed by atoms with van der Waals surface area (Å²) in [7, 11) is 0. The highest BCUT2D eigenvalue weighted by Gasteiger charge is 2.30. The second kappa shape index (κ2) is 8.43. The van der Waals surface area contributed by atoms with Crippen LogP contribution in [0.2, 0.25) is 5.02 Å². The van der Waals surface area contributed by atoms with E-state index in [1.165, 1.54) is 11.8 Å². The topological polar surface area (TPSA) is 38.8 Å². The van der Waals surface area contributed by atoms with E-state index in [0.29, 0.717) is 38.9 Å². The van der Waals surface area contributed by atoms with E-state index in [1.807, 2.05) is 13.8 Å². The Balaban J connectivity index is 2.38. The van der Waals surface area contributed by atoms with Gasteiger partial charge >= 0.3 is 0 Å². The highest BCUT2D eigenvalue weighted by Crippen LogP contribution is 2.39. The zero-order valence-electron chi connectivity index (χ0n) is 13.3. The molecule has 0 bridgehead atoms. The summed E-state index contributed by atoms with van der Waals surface area (Å²) in [6.07, 6.45) is 6.96. The molecule has 0 aromatic heterocycles. The molecule has 1 aromatic carbocycles. The van der Waals surface area contributed by atoms with Crippen LogP contribution >= 0.6 is 35.6 Å². The van der Waals surface area contributed by atoms with E-state index in [2.05, 4.69) is 5.92 Å². The van der Waals surface area contributed by atoms with E-state index in [0.717, 1.165) is 5.56 Å². The van der Waals surface area contributed by atoms with Gasteiger partial charge in [-0.05, 0) is 37.6 Å². The molecule has 24 heavy (non-hydrogen) atoms. The van der Waals surface area contributed by atoms with Crippen LogP contribution in [-0.4, -0.2) is 34.9 Å². The summed E-state index contributed by atoms with van der Waals surface area (Å²) in [6.45, 7) is 4.83. The van der Waals surface area contributed by atoms with Crippen LogP contribution in [-0.2, 0) is 4.79 Å². The molecule has 1 saturated heterocycles. The Labute approximate surface area is 156 Å². The average molecular weight is 382 g/mol. The Morgan fingerprint density at radius 1 is 1.42 bits per heavy atom. The molecule has 1 amide bonds. The molecular weight excluding hydrogens is 366 g/mol. The lowest BCUT2D eigenvalue weighted by atomic mass is 10.1. The Morgan fingerprint density at radius 3 is 2.75 bits per heavy atom. The highest BCUT2D eigenvalue weighted by molar-refractivity contribution is 8.26. The molecule has 1 heterocycles. The number of thiocarbonyl (C=S) groups is 1. The third-order valence-corrected chi connectivity index (χ3v) is 4.78. The smallest absolute Gasteiger partial charge is 0.266 e. The van der Waals surface area contributed by atoms with E-state index in [9.17, 15) is 4.79 Å². The molecule has 7 heteroatoms. The van der Waals surface area contributed by atoms with Crippen LogP contribution in [0.5, 0.6) is 11.5 Å². The van der Waals surface area contributed by atoms with Crippen LogP contribution in [0.4, 0.5) is 0 Å². The van der Waals surface area contributed by atoms with Crippen LogP contribution in [0.15, 0.2) is 17.0 Å². The summed E-state index contributed by atoms with van der Waals surface area (Å²) in [4.78, 5) is 14.4. The SMILES string of the molecule is C#CCOc1c(Cl)cc(/C=C2\SC(=S)N(CC)C2=O)cc1OCC. The number of thioether (sulfide) groups is 1. The number of ether oxygens (including phenoxy) is 2. The normalized spacial score (nSPS) is 15.8. The Bertz CT molecular complexity index is 740. The maximum atomic E-state index is 12.3. The van der Waals surface area contributed by atoms with Crippen molar-refractivity contribution in [3.05, 3.63) is 27.6 Å². The van der Waals surface area contributed by atoms with Crippen molar-refractivity contribution in [2.75, 3.05) is 19.8 Å². The molecular formula is C17H16ClNO3S2. The number of benzene rings is 1. The minimum absolute atomic E-state index is 0.0916. The van der Waals surface area contributed by atoms with Gasteiger partial charge in [-0.2, -0.15) is 0 Å². The summed E-state index contributed by atoms with van der Waals surface area (Å²) in [5.74, 6) is 3.17. The van der Waals surface area contributed by atoms with E-state index < -0.39 is 0 Å². The van der Waals surface area contributed by atoms with Gasteiger partial charge in [0.1, 0.15) is 10.9 Å². The number of likely N-dealkylation sites (N-methyl/N-ethyl adjacent to an activating group) is 1. The zero-order valence-corrected chi connectivity index (χ0v) is 15.7. The van der Waals surface area contributed by atoms with Gasteiger partial charge in [0.15, 0.2) is 11.5 Å². The molecule has 1 aliphatic rings. The fourth-order valence-electron chi connectivity index (χ4n) is 2.11. The van der Waals surface area contributed by atoms with Crippen LogP contribution in [0, 0.1) is 12.3 Å². The standard InChI is InChI=1S/C17H16ClNO3S2/c1-4-7-22-15-12(18)8-11(9-13(15)21-6-3)10-14-16(20)19(5-2)17(23)24-14/h1,8-10H,5-7H2,2-3H3/b14-10-. The van der Waals surface area contributed by atoms with Gasteiger partial charge in [-0.15, -0.1) is 6.42 Å². The van der Waals surface area contributed by atoms with Gasteiger partial charge in [0, 0.05) is 6.54 Å². The summed E-state index contributed by atoms with van der Waals surface area (Å²) >= 11 is 12.8. The monoisotopic (exact) mass is 381 g/mol. The third-order valence-electron chi connectivity index (χ3n) is 3.12. The average Bonchev–Trinajstić information content (AvgIpc) is 2.80. The van der Waals surface area contributed by atoms with Crippen molar-refractivity contribution in [1.82, 2.24) is 4.90 Å². The highest BCUT2D eigenvalue weighted by atomic mass is 35.5. The molecule has 0 unspecified atom stereocenters. The number of amides is 1. The number of halogens is 1. The summed E-state index contributed by atoms with van der Waals surface area (Å²) in [6, 6.07) is 3.47. The van der Waals surface area contributed by atoms with E-state index in [-0.39, 0.29) is 12.5 Å². The summed E-state index contributed by atoms with van der Waals surface area (Å²) < 4.78 is 11.6. The number of hydrogen-bond donors (Lipinski definition) is 0. The number of rotatable bonds is 6. The van der Waals surface area contributed by atoms with Gasteiger partial charge in [0.05, 0.1) is 16.5 Å². The van der Waals surface area contributed by atoms with Crippen LogP contribution in [0.1, 0.15) is 19.4 Å². The van der Waals surface area contributed by atoms with Gasteiger partial charge in [0.2, 0.25) is 0 Å². The molecule has 0 radical (unpaired) electrons. The molecule has 126 valence electrons. The van der Waals surface area contributed by atoms with Crippen molar-refractivity contribution in [3.63, 3.8) is 0 Å². The first-order valence-corrected chi connectivity index (χ1v) is 8.90. The maximum Gasteiger partial charge on any atom is 0.266 e. The predicted molar refractivity (Wildman–Crippen MR) is 103 cm³/mol. The molecule has 0 N–H and O–H groups in total. The zero-order chi connectivity index (χ0) is 17.7. The number of nitrogens with zero attached hydrogens (tertiary/aromatic N) is 1. The quantitative estimate of drug-likeness (QED) is 0.423. The maximum absolute atomic E-state index is 12.3. The Morgan fingerprint density at radius 2 is 2.17 bits per heavy atom. The molecule has 4 nitrogen and oxygen atoms in total. The second-order valence-electron chi connectivity index (χ2n) is 4.68. The minimum Gasteiger partial charge on any atom is -0.490 e. The number of hydrogen-bond acceptors (Lipinski definition) is 5. The van der Waals surface area contributed by atoms with Crippen molar-refractivity contribution in [3.8, 4) is 23.8 Å². The fourth-order valence-corrected chi connectivity index (χ4v) is 3.77. The third kappa shape index (κ3) is 4.04. The van der Waals surface area contributed by atoms with Crippen molar-refractivity contribution in [1.29, 1.82) is 0 Å². The molecule has 0 saturated carbocycles. The van der Waals surface area contributed by atoms with Gasteiger partial charge in [-0.1, -0.05) is 41.5 Å². The molecule has 0 aliphatic carbocycles. The Hall–Kier alpha value is -1.68. The molecule has 0 atom stereocenters. The van der Waals surface area contributed by atoms with Gasteiger partial charge < -0.3 is 9.47 Å². The lowest BCUT2D eigenvalue weighted by molar-refractivity contribution is -0.121. The van der Waals surface area contributed by atoms with Gasteiger partial charge in [-0.3, -0.25) is 9.69 Å². The van der Waals surface area contributed by atoms with Crippen LogP contribution in [0.25, 0.3) is 6.08 Å². The van der Waals surface area contributed by atoms with E-state index >= 15 is 0 Å². The first-order chi connectivity index (χ1) is 11.5. The van der Waals surface area contributed by atoms with Crippen molar-refractivity contribution in [2.45, 2.75) is 13.8 Å². The molecule has 2 rings (SSSR count). The number of carbonyl (C=O) groups excluding carboxylic acids is 1. The molecule has 1 fully saturated rings. The number of carbonyl (C=O) groups is 1. The minimum atomic E-state index is -0.103. The summed E-state index contributed by atoms with van der Waals surface area (Å²) in [5.41, 5.74) is 0.730. The van der Waals surface area contributed by atoms with Gasteiger partial charge in [0.25, 0.3) is 5.91 Å². The van der Waals surface area contributed by atoms with E-state index in [4.69, 9.17) is 39.7 Å². The predicted octanol–water partition coefficient (Wildman–Crippen LogP) is 3.97. The second-order valence-corrected chi connectivity index (χ2v) is 6.76. The number of terminal acetylenes is 1. The van der Waals surface area contributed by atoms with Gasteiger partial charge in [-0.25, -0.2) is 0 Å². The summed E-state index contributed by atoms with van der Waals surface area (Å²) in [5, 5.41) is 0.369.